The van der Waals surface area contributed by atoms with Crippen molar-refractivity contribution in [3.05, 3.63) is 0 Å². The molecule has 0 aliphatic carbocycles. The van der Waals surface area contributed by atoms with E-state index in [1.165, 1.54) is 0 Å². The quantitative estimate of drug-likeness (QED) is 0.573. The normalized spacial score (nSPS) is 24.5. The molecule has 1 N–H and O–H groups in total. The minimum Gasteiger partial charge on any atom is -0.376 e. The summed E-state index contributed by atoms with van der Waals surface area (Å²) in [5.41, 5.74) is 0. The van der Waals surface area contributed by atoms with Crippen molar-refractivity contribution in [3.63, 3.8) is 0 Å². The lowest BCUT2D eigenvalue weighted by atomic mass is 10.3. The number of nitrogens with zero attached hydrogens (tertiary/aromatic N) is 1. The Bertz CT molecular complexity index is 124. The van der Waals surface area contributed by atoms with E-state index in [1.54, 1.807) is 0 Å². The van der Waals surface area contributed by atoms with Crippen LogP contribution in [-0.4, -0.2) is 25.8 Å². The van der Waals surface area contributed by atoms with Crippen LogP contribution < -0.4 is 5.32 Å². The minimum atomic E-state index is 0.355. The molecule has 0 bridgehead atoms. The molecule has 1 saturated heterocycles. The van der Waals surface area contributed by atoms with Gasteiger partial charge in [0, 0.05) is 6.54 Å². The van der Waals surface area contributed by atoms with E-state index in [1.807, 2.05) is 6.07 Å². The number of nitriles is 1. The first-order chi connectivity index (χ1) is 4.93. The monoisotopic (exact) mass is 140 g/mol. The molecule has 1 rings (SSSR count). The molecule has 10 heavy (non-hydrogen) atoms. The molecule has 3 heteroatoms. The fourth-order valence-electron chi connectivity index (χ4n) is 1.04. The molecule has 1 aliphatic heterocycles. The van der Waals surface area contributed by atoms with Crippen molar-refractivity contribution in [1.82, 2.24) is 5.32 Å². The zero-order valence-electron chi connectivity index (χ0n) is 5.97. The van der Waals surface area contributed by atoms with Gasteiger partial charge >= 0.3 is 0 Å². The molecule has 0 aromatic heterocycles. The summed E-state index contributed by atoms with van der Waals surface area (Å²) < 4.78 is 5.36. The molecule has 0 saturated carbocycles. The van der Waals surface area contributed by atoms with Crippen molar-refractivity contribution in [2.24, 2.45) is 0 Å². The highest BCUT2D eigenvalue weighted by atomic mass is 16.5. The first-order valence-corrected chi connectivity index (χ1v) is 3.63. The highest BCUT2D eigenvalue weighted by molar-refractivity contribution is 4.73. The van der Waals surface area contributed by atoms with E-state index in [4.69, 9.17) is 10.00 Å². The van der Waals surface area contributed by atoms with Gasteiger partial charge in [0.25, 0.3) is 0 Å². The van der Waals surface area contributed by atoms with Crippen LogP contribution in [0.5, 0.6) is 0 Å². The van der Waals surface area contributed by atoms with Crippen LogP contribution in [-0.2, 0) is 4.74 Å². The Kier molecular flexibility index (Phi) is 3.20. The number of hydrogen-bond acceptors (Lipinski definition) is 3. The van der Waals surface area contributed by atoms with Crippen LogP contribution in [0, 0.1) is 11.3 Å². The molecule has 0 amide bonds. The summed E-state index contributed by atoms with van der Waals surface area (Å²) in [6.45, 7) is 2.59. The van der Waals surface area contributed by atoms with Gasteiger partial charge in [-0.05, 0) is 13.0 Å². The summed E-state index contributed by atoms with van der Waals surface area (Å²) >= 11 is 0. The third-order valence-electron chi connectivity index (χ3n) is 1.58. The zero-order chi connectivity index (χ0) is 7.23. The molecule has 0 radical (unpaired) electrons. The van der Waals surface area contributed by atoms with Crippen LogP contribution in [0.2, 0.25) is 0 Å². The van der Waals surface area contributed by atoms with Gasteiger partial charge in [0.2, 0.25) is 0 Å². The molecule has 1 aliphatic rings. The van der Waals surface area contributed by atoms with Crippen molar-refractivity contribution in [2.75, 3.05) is 19.7 Å². The fourth-order valence-corrected chi connectivity index (χ4v) is 1.04. The molecular formula is C7H12N2O. The summed E-state index contributed by atoms with van der Waals surface area (Å²) in [5.74, 6) is 0. The molecule has 0 aromatic rings. The molecule has 1 atom stereocenters. The first-order valence-electron chi connectivity index (χ1n) is 3.63. The number of ether oxygens (including phenoxy) is 1. The summed E-state index contributed by atoms with van der Waals surface area (Å²) in [4.78, 5) is 0. The van der Waals surface area contributed by atoms with Gasteiger partial charge in [-0.3, -0.25) is 0 Å². The van der Waals surface area contributed by atoms with Crippen LogP contribution in [0.25, 0.3) is 0 Å². The van der Waals surface area contributed by atoms with Gasteiger partial charge in [-0.2, -0.15) is 5.26 Å². The number of nitrogens with one attached hydrogen (secondary N) is 1. The van der Waals surface area contributed by atoms with E-state index in [0.717, 1.165) is 19.5 Å². The Labute approximate surface area is 61.0 Å². The SMILES string of the molecule is N#CCCO[C@H]1CCNC1. The highest BCUT2D eigenvalue weighted by Crippen LogP contribution is 2.02. The second-order valence-corrected chi connectivity index (χ2v) is 2.39. The Hall–Kier alpha value is -0.590. The summed E-state index contributed by atoms with van der Waals surface area (Å²) in [6.07, 6.45) is 1.95. The fraction of sp³-hybridized carbons (Fsp3) is 0.857. The minimum absolute atomic E-state index is 0.355. The highest BCUT2D eigenvalue weighted by Gasteiger charge is 2.13. The van der Waals surface area contributed by atoms with Crippen LogP contribution in [0.4, 0.5) is 0 Å². The maximum Gasteiger partial charge on any atom is 0.0712 e. The summed E-state index contributed by atoms with van der Waals surface area (Å²) in [7, 11) is 0. The van der Waals surface area contributed by atoms with Gasteiger partial charge in [0.1, 0.15) is 0 Å². The number of hydrogen-bond donors (Lipinski definition) is 1. The van der Waals surface area contributed by atoms with Crippen molar-refractivity contribution in [1.29, 1.82) is 5.26 Å². The second-order valence-electron chi connectivity index (χ2n) is 2.39. The summed E-state index contributed by atoms with van der Waals surface area (Å²) in [5, 5.41) is 11.4. The van der Waals surface area contributed by atoms with Gasteiger partial charge in [-0.1, -0.05) is 0 Å². The van der Waals surface area contributed by atoms with Gasteiger partial charge in [-0.15, -0.1) is 0 Å². The van der Waals surface area contributed by atoms with E-state index in [2.05, 4.69) is 5.32 Å². The van der Waals surface area contributed by atoms with Crippen LogP contribution >= 0.6 is 0 Å². The lowest BCUT2D eigenvalue weighted by Gasteiger charge is -2.06. The van der Waals surface area contributed by atoms with Crippen molar-refractivity contribution in [3.8, 4) is 6.07 Å². The van der Waals surface area contributed by atoms with Crippen LogP contribution in [0.15, 0.2) is 0 Å². The topological polar surface area (TPSA) is 45.0 Å². The standard InChI is InChI=1S/C7H12N2O/c8-3-1-5-10-7-2-4-9-6-7/h7,9H,1-2,4-6H2/t7-/m0/s1. The third-order valence-corrected chi connectivity index (χ3v) is 1.58. The van der Waals surface area contributed by atoms with Gasteiger partial charge in [-0.25, -0.2) is 0 Å². The molecule has 3 nitrogen and oxygen atoms in total. The molecular weight excluding hydrogens is 128 g/mol. The summed E-state index contributed by atoms with van der Waals surface area (Å²) in [6, 6.07) is 2.05. The van der Waals surface area contributed by atoms with Gasteiger partial charge in [0.15, 0.2) is 0 Å². The Morgan fingerprint density at radius 1 is 1.70 bits per heavy atom. The van der Waals surface area contributed by atoms with E-state index in [9.17, 15) is 0 Å². The first kappa shape index (κ1) is 7.52. The maximum absolute atomic E-state index is 8.19. The molecule has 0 spiro atoms. The van der Waals surface area contributed by atoms with Crippen molar-refractivity contribution < 1.29 is 4.74 Å². The second kappa shape index (κ2) is 4.26. The van der Waals surface area contributed by atoms with Crippen molar-refractivity contribution >= 4 is 0 Å². The molecule has 56 valence electrons. The average Bonchev–Trinajstić information content (AvgIpc) is 2.41. The van der Waals surface area contributed by atoms with E-state index in [0.29, 0.717) is 19.1 Å². The van der Waals surface area contributed by atoms with E-state index >= 15 is 0 Å². The molecule has 0 aromatic carbocycles. The molecule has 0 unspecified atom stereocenters. The Balaban J connectivity index is 1.97. The van der Waals surface area contributed by atoms with E-state index < -0.39 is 0 Å². The van der Waals surface area contributed by atoms with Crippen LogP contribution in [0.3, 0.4) is 0 Å². The third kappa shape index (κ3) is 2.34. The lowest BCUT2D eigenvalue weighted by molar-refractivity contribution is 0.0713. The predicted octanol–water partition coefficient (Wildman–Crippen LogP) is 0.279. The Morgan fingerprint density at radius 3 is 3.20 bits per heavy atom. The van der Waals surface area contributed by atoms with Crippen LogP contribution in [0.1, 0.15) is 12.8 Å². The molecule has 1 fully saturated rings. The Morgan fingerprint density at radius 2 is 2.60 bits per heavy atom. The average molecular weight is 140 g/mol. The number of rotatable bonds is 3. The van der Waals surface area contributed by atoms with Gasteiger partial charge in [0.05, 0.1) is 25.2 Å². The lowest BCUT2D eigenvalue weighted by Crippen LogP contribution is -2.16. The largest absolute Gasteiger partial charge is 0.376 e. The maximum atomic E-state index is 8.19. The van der Waals surface area contributed by atoms with Crippen molar-refractivity contribution in [2.45, 2.75) is 18.9 Å². The smallest absolute Gasteiger partial charge is 0.0712 e. The molecule has 1 heterocycles. The van der Waals surface area contributed by atoms with E-state index in [-0.39, 0.29) is 0 Å². The zero-order valence-corrected chi connectivity index (χ0v) is 5.97. The van der Waals surface area contributed by atoms with Gasteiger partial charge < -0.3 is 10.1 Å². The predicted molar refractivity (Wildman–Crippen MR) is 37.5 cm³/mol.